The van der Waals surface area contributed by atoms with Gasteiger partial charge < -0.3 is 10.5 Å². The smallest absolute Gasteiger partial charge is 0.0999 e. The number of hydrogen-bond acceptors (Lipinski definition) is 3. The Hall–Kier alpha value is -0.930. The second-order valence-corrected chi connectivity index (χ2v) is 3.31. The van der Waals surface area contributed by atoms with E-state index in [1.807, 2.05) is 18.2 Å². The van der Waals surface area contributed by atoms with Gasteiger partial charge in [-0.15, -0.1) is 0 Å². The van der Waals surface area contributed by atoms with Crippen molar-refractivity contribution >= 4 is 0 Å². The monoisotopic (exact) mass is 178 g/mol. The molecule has 1 saturated heterocycles. The predicted octanol–water partition coefficient (Wildman–Crippen LogP) is 1.26. The molecular weight excluding hydrogens is 164 g/mol. The van der Waals surface area contributed by atoms with Crippen LogP contribution in [0.5, 0.6) is 0 Å². The summed E-state index contributed by atoms with van der Waals surface area (Å²) in [7, 11) is 0. The first-order chi connectivity index (χ1) is 6.40. The number of nitrogens with zero attached hydrogens (tertiary/aromatic N) is 1. The van der Waals surface area contributed by atoms with E-state index >= 15 is 0 Å². The molecule has 0 saturated carbocycles. The zero-order valence-corrected chi connectivity index (χ0v) is 7.52. The minimum Gasteiger partial charge on any atom is -0.367 e. The van der Waals surface area contributed by atoms with Crippen LogP contribution in [-0.2, 0) is 4.74 Å². The molecule has 0 spiro atoms. The van der Waals surface area contributed by atoms with Gasteiger partial charge in [0.05, 0.1) is 17.9 Å². The van der Waals surface area contributed by atoms with Gasteiger partial charge in [0, 0.05) is 12.7 Å². The lowest BCUT2D eigenvalue weighted by Crippen LogP contribution is -2.18. The fourth-order valence-corrected chi connectivity index (χ4v) is 1.66. The van der Waals surface area contributed by atoms with Crippen LogP contribution in [0, 0.1) is 0 Å². The first-order valence-corrected chi connectivity index (χ1v) is 4.66. The van der Waals surface area contributed by atoms with Gasteiger partial charge in [-0.1, -0.05) is 6.07 Å². The second kappa shape index (κ2) is 3.85. The Bertz CT molecular complexity index is 263. The van der Waals surface area contributed by atoms with E-state index in [9.17, 15) is 0 Å². The van der Waals surface area contributed by atoms with E-state index in [1.54, 1.807) is 6.20 Å². The van der Waals surface area contributed by atoms with Crippen LogP contribution in [0.25, 0.3) is 0 Å². The fraction of sp³-hybridized carbons (Fsp3) is 0.500. The van der Waals surface area contributed by atoms with Crippen LogP contribution in [-0.4, -0.2) is 17.6 Å². The highest BCUT2D eigenvalue weighted by atomic mass is 16.5. The maximum atomic E-state index is 5.71. The van der Waals surface area contributed by atoms with Gasteiger partial charge in [-0.3, -0.25) is 4.98 Å². The molecule has 70 valence electrons. The molecule has 0 radical (unpaired) electrons. The Morgan fingerprint density at radius 3 is 3.00 bits per heavy atom. The van der Waals surface area contributed by atoms with Crippen molar-refractivity contribution in [1.82, 2.24) is 4.98 Å². The zero-order chi connectivity index (χ0) is 9.10. The zero-order valence-electron chi connectivity index (χ0n) is 7.52. The molecule has 2 N–H and O–H groups in total. The molecular formula is C10H14N2O. The molecule has 1 aliphatic heterocycles. The lowest BCUT2D eigenvalue weighted by molar-refractivity contribution is 0.0474. The summed E-state index contributed by atoms with van der Waals surface area (Å²) in [4.78, 5) is 4.26. The van der Waals surface area contributed by atoms with Crippen molar-refractivity contribution in [2.75, 3.05) is 6.54 Å². The molecule has 2 rings (SSSR count). The van der Waals surface area contributed by atoms with Gasteiger partial charge in [-0.25, -0.2) is 0 Å². The third-order valence-corrected chi connectivity index (χ3v) is 2.39. The topological polar surface area (TPSA) is 48.1 Å². The van der Waals surface area contributed by atoms with Crippen molar-refractivity contribution in [2.24, 2.45) is 5.73 Å². The minimum atomic E-state index is 0.162. The average molecular weight is 178 g/mol. The van der Waals surface area contributed by atoms with Gasteiger partial charge in [-0.2, -0.15) is 0 Å². The maximum Gasteiger partial charge on any atom is 0.0999 e. The largest absolute Gasteiger partial charge is 0.367 e. The van der Waals surface area contributed by atoms with Gasteiger partial charge in [0.2, 0.25) is 0 Å². The van der Waals surface area contributed by atoms with E-state index in [-0.39, 0.29) is 12.2 Å². The molecule has 0 aromatic carbocycles. The molecule has 0 amide bonds. The Labute approximate surface area is 77.9 Å². The Morgan fingerprint density at radius 1 is 1.46 bits per heavy atom. The van der Waals surface area contributed by atoms with E-state index in [4.69, 9.17) is 10.5 Å². The van der Waals surface area contributed by atoms with Crippen molar-refractivity contribution in [3.63, 3.8) is 0 Å². The molecule has 3 nitrogen and oxygen atoms in total. The van der Waals surface area contributed by atoms with E-state index in [1.165, 1.54) is 0 Å². The lowest BCUT2D eigenvalue weighted by atomic mass is 10.1. The summed E-state index contributed by atoms with van der Waals surface area (Å²) in [5, 5.41) is 0. The summed E-state index contributed by atoms with van der Waals surface area (Å²) in [5.41, 5.74) is 6.56. The van der Waals surface area contributed by atoms with E-state index in [2.05, 4.69) is 4.98 Å². The number of rotatable bonds is 2. The van der Waals surface area contributed by atoms with Crippen LogP contribution in [0.15, 0.2) is 24.4 Å². The standard InChI is InChI=1S/C10H14N2O/c11-7-8-4-5-10(13-8)9-3-1-2-6-12-9/h1-3,6,8,10H,4-5,7,11H2. The van der Waals surface area contributed by atoms with Crippen molar-refractivity contribution in [1.29, 1.82) is 0 Å². The van der Waals surface area contributed by atoms with Crippen LogP contribution in [0.1, 0.15) is 24.6 Å². The third-order valence-electron chi connectivity index (χ3n) is 2.39. The molecule has 0 aliphatic carbocycles. The first-order valence-electron chi connectivity index (χ1n) is 4.66. The van der Waals surface area contributed by atoms with E-state index in [0.717, 1.165) is 18.5 Å². The lowest BCUT2D eigenvalue weighted by Gasteiger charge is -2.10. The average Bonchev–Trinajstić information content (AvgIpc) is 2.67. The minimum absolute atomic E-state index is 0.162. The molecule has 2 atom stereocenters. The molecule has 1 aliphatic rings. The third kappa shape index (κ3) is 1.87. The molecule has 2 heterocycles. The summed E-state index contributed by atoms with van der Waals surface area (Å²) in [6.45, 7) is 0.614. The Morgan fingerprint density at radius 2 is 2.38 bits per heavy atom. The van der Waals surface area contributed by atoms with Crippen LogP contribution in [0.3, 0.4) is 0 Å². The van der Waals surface area contributed by atoms with Gasteiger partial charge in [0.1, 0.15) is 0 Å². The molecule has 3 heteroatoms. The second-order valence-electron chi connectivity index (χ2n) is 3.31. The molecule has 13 heavy (non-hydrogen) atoms. The van der Waals surface area contributed by atoms with Crippen molar-refractivity contribution in [3.05, 3.63) is 30.1 Å². The van der Waals surface area contributed by atoms with Crippen molar-refractivity contribution in [2.45, 2.75) is 25.0 Å². The van der Waals surface area contributed by atoms with Gasteiger partial charge in [0.25, 0.3) is 0 Å². The van der Waals surface area contributed by atoms with Crippen molar-refractivity contribution < 1.29 is 4.74 Å². The molecule has 1 fully saturated rings. The number of hydrogen-bond donors (Lipinski definition) is 1. The predicted molar refractivity (Wildman–Crippen MR) is 50.1 cm³/mol. The molecule has 2 unspecified atom stereocenters. The number of nitrogens with two attached hydrogens (primary N) is 1. The highest BCUT2D eigenvalue weighted by molar-refractivity contribution is 5.08. The van der Waals surface area contributed by atoms with Gasteiger partial charge in [-0.05, 0) is 25.0 Å². The van der Waals surface area contributed by atoms with Crippen LogP contribution < -0.4 is 5.73 Å². The van der Waals surface area contributed by atoms with Crippen molar-refractivity contribution in [3.8, 4) is 0 Å². The quantitative estimate of drug-likeness (QED) is 0.741. The maximum absolute atomic E-state index is 5.71. The Balaban J connectivity index is 2.04. The molecule has 0 bridgehead atoms. The fourth-order valence-electron chi connectivity index (χ4n) is 1.66. The normalized spacial score (nSPS) is 27.8. The number of aromatic nitrogens is 1. The van der Waals surface area contributed by atoms with Gasteiger partial charge in [0.15, 0.2) is 0 Å². The highest BCUT2D eigenvalue weighted by Crippen LogP contribution is 2.30. The summed E-state index contributed by atoms with van der Waals surface area (Å²) in [6.07, 6.45) is 4.28. The first kappa shape index (κ1) is 8.66. The van der Waals surface area contributed by atoms with Crippen LogP contribution in [0.2, 0.25) is 0 Å². The van der Waals surface area contributed by atoms with E-state index in [0.29, 0.717) is 6.54 Å². The summed E-state index contributed by atoms with van der Waals surface area (Å²) < 4.78 is 5.71. The molecule has 1 aromatic rings. The van der Waals surface area contributed by atoms with Gasteiger partial charge >= 0.3 is 0 Å². The highest BCUT2D eigenvalue weighted by Gasteiger charge is 2.25. The number of ether oxygens (including phenoxy) is 1. The summed E-state index contributed by atoms with van der Waals surface area (Å²) in [5.74, 6) is 0. The van der Waals surface area contributed by atoms with E-state index < -0.39 is 0 Å². The summed E-state index contributed by atoms with van der Waals surface area (Å²) >= 11 is 0. The van der Waals surface area contributed by atoms with Crippen LogP contribution >= 0.6 is 0 Å². The van der Waals surface area contributed by atoms with Crippen LogP contribution in [0.4, 0.5) is 0 Å². The summed E-state index contributed by atoms with van der Waals surface area (Å²) in [6, 6.07) is 5.91. The molecule has 1 aromatic heterocycles. The Kier molecular flexibility index (Phi) is 2.57. The number of pyridine rings is 1. The SMILES string of the molecule is NCC1CCC(c2ccccn2)O1.